The zero-order valence-electron chi connectivity index (χ0n) is 14.3. The van der Waals surface area contributed by atoms with Crippen LogP contribution in [0.25, 0.3) is 0 Å². The fraction of sp³-hybridized carbons (Fsp3) is 0.562. The van der Waals surface area contributed by atoms with Crippen LogP contribution < -0.4 is 19.7 Å². The highest BCUT2D eigenvalue weighted by Crippen LogP contribution is 2.34. The Morgan fingerprint density at radius 3 is 2.71 bits per heavy atom. The molecule has 0 bridgehead atoms. The SMILES string of the molecule is COc1cc(NC(=O)NCC(C)C)ccc1N1CCCCS1(=O)=O. The third kappa shape index (κ3) is 4.53. The summed E-state index contributed by atoms with van der Waals surface area (Å²) in [7, 11) is -1.83. The average Bonchev–Trinajstić information content (AvgIpc) is 2.53. The van der Waals surface area contributed by atoms with Gasteiger partial charge >= 0.3 is 6.03 Å². The topological polar surface area (TPSA) is 87.7 Å². The monoisotopic (exact) mass is 355 g/mol. The van der Waals surface area contributed by atoms with Crippen molar-refractivity contribution in [2.45, 2.75) is 26.7 Å². The van der Waals surface area contributed by atoms with Crippen molar-refractivity contribution in [3.8, 4) is 5.75 Å². The Hall–Kier alpha value is -1.96. The first kappa shape index (κ1) is 18.4. The van der Waals surface area contributed by atoms with Crippen LogP contribution in [0.3, 0.4) is 0 Å². The molecule has 8 heteroatoms. The van der Waals surface area contributed by atoms with Gasteiger partial charge in [-0.3, -0.25) is 4.31 Å². The predicted molar refractivity (Wildman–Crippen MR) is 95.2 cm³/mol. The molecular formula is C16H25N3O4S. The van der Waals surface area contributed by atoms with E-state index in [1.807, 2.05) is 13.8 Å². The van der Waals surface area contributed by atoms with Gasteiger partial charge in [-0.05, 0) is 30.9 Å². The smallest absolute Gasteiger partial charge is 0.319 e. The minimum Gasteiger partial charge on any atom is -0.494 e. The number of carbonyl (C=O) groups excluding carboxylic acids is 1. The number of ether oxygens (including phenoxy) is 1. The quantitative estimate of drug-likeness (QED) is 0.849. The number of nitrogens with zero attached hydrogens (tertiary/aromatic N) is 1. The van der Waals surface area contributed by atoms with Crippen LogP contribution in [0.15, 0.2) is 18.2 Å². The number of rotatable bonds is 5. The van der Waals surface area contributed by atoms with Crippen molar-refractivity contribution in [1.29, 1.82) is 0 Å². The van der Waals surface area contributed by atoms with Crippen LogP contribution in [0.2, 0.25) is 0 Å². The van der Waals surface area contributed by atoms with Crippen molar-refractivity contribution in [1.82, 2.24) is 5.32 Å². The molecule has 2 rings (SSSR count). The maximum atomic E-state index is 12.3. The molecular weight excluding hydrogens is 330 g/mol. The van der Waals surface area contributed by atoms with Gasteiger partial charge in [0.05, 0.1) is 18.6 Å². The molecule has 1 heterocycles. The van der Waals surface area contributed by atoms with E-state index in [-0.39, 0.29) is 11.8 Å². The Kier molecular flexibility index (Phi) is 5.93. The molecule has 134 valence electrons. The number of carbonyl (C=O) groups is 1. The lowest BCUT2D eigenvalue weighted by molar-refractivity contribution is 0.251. The van der Waals surface area contributed by atoms with Gasteiger partial charge in [0.2, 0.25) is 10.0 Å². The second kappa shape index (κ2) is 7.74. The highest BCUT2D eigenvalue weighted by molar-refractivity contribution is 7.92. The largest absolute Gasteiger partial charge is 0.494 e. The van der Waals surface area contributed by atoms with Crippen LogP contribution in [0.4, 0.5) is 16.2 Å². The van der Waals surface area contributed by atoms with Gasteiger partial charge in [-0.15, -0.1) is 0 Å². The summed E-state index contributed by atoms with van der Waals surface area (Å²) in [6.45, 7) is 5.04. The van der Waals surface area contributed by atoms with Crippen molar-refractivity contribution in [3.05, 3.63) is 18.2 Å². The molecule has 0 unspecified atom stereocenters. The van der Waals surface area contributed by atoms with E-state index in [1.165, 1.54) is 11.4 Å². The van der Waals surface area contributed by atoms with Crippen LogP contribution in [-0.2, 0) is 10.0 Å². The molecule has 0 radical (unpaired) electrons. The van der Waals surface area contributed by atoms with Gasteiger partial charge in [-0.25, -0.2) is 13.2 Å². The first-order chi connectivity index (χ1) is 11.3. The second-order valence-electron chi connectivity index (χ2n) is 6.21. The average molecular weight is 355 g/mol. The fourth-order valence-electron chi connectivity index (χ4n) is 2.49. The molecule has 24 heavy (non-hydrogen) atoms. The van der Waals surface area contributed by atoms with E-state index in [0.29, 0.717) is 42.6 Å². The first-order valence-corrected chi connectivity index (χ1v) is 9.67. The van der Waals surface area contributed by atoms with Gasteiger partial charge in [0.15, 0.2) is 0 Å². The molecule has 1 aliphatic heterocycles. The van der Waals surface area contributed by atoms with Crippen molar-refractivity contribution < 1.29 is 17.9 Å². The van der Waals surface area contributed by atoms with Crippen molar-refractivity contribution in [2.75, 3.05) is 35.6 Å². The van der Waals surface area contributed by atoms with Gasteiger partial charge in [-0.1, -0.05) is 13.8 Å². The van der Waals surface area contributed by atoms with E-state index in [2.05, 4.69) is 10.6 Å². The van der Waals surface area contributed by atoms with Crippen molar-refractivity contribution in [3.63, 3.8) is 0 Å². The number of anilines is 2. The van der Waals surface area contributed by atoms with Crippen LogP contribution >= 0.6 is 0 Å². The van der Waals surface area contributed by atoms with E-state index in [9.17, 15) is 13.2 Å². The fourth-order valence-corrected chi connectivity index (χ4v) is 4.14. The first-order valence-electron chi connectivity index (χ1n) is 8.07. The highest BCUT2D eigenvalue weighted by Gasteiger charge is 2.28. The molecule has 1 fully saturated rings. The molecule has 0 atom stereocenters. The summed E-state index contributed by atoms with van der Waals surface area (Å²) in [4.78, 5) is 11.8. The summed E-state index contributed by atoms with van der Waals surface area (Å²) in [5.41, 5.74) is 1.05. The molecule has 0 saturated carbocycles. The molecule has 0 aromatic heterocycles. The van der Waals surface area contributed by atoms with Crippen LogP contribution in [0.5, 0.6) is 5.75 Å². The molecule has 1 aliphatic rings. The molecule has 0 aliphatic carbocycles. The number of hydrogen-bond donors (Lipinski definition) is 2. The maximum Gasteiger partial charge on any atom is 0.319 e. The van der Waals surface area contributed by atoms with Crippen LogP contribution in [-0.4, -0.2) is 40.4 Å². The Morgan fingerprint density at radius 2 is 2.08 bits per heavy atom. The van der Waals surface area contributed by atoms with Crippen molar-refractivity contribution in [2.24, 2.45) is 5.92 Å². The number of nitrogens with one attached hydrogen (secondary N) is 2. The number of benzene rings is 1. The zero-order chi connectivity index (χ0) is 17.7. The van der Waals surface area contributed by atoms with Gasteiger partial charge in [0, 0.05) is 24.8 Å². The standard InChI is InChI=1S/C16H25N3O4S/c1-12(2)11-17-16(20)18-13-6-7-14(15(10-13)23-3)19-8-4-5-9-24(19,21)22/h6-7,10,12H,4-5,8-9,11H2,1-3H3,(H2,17,18,20). The summed E-state index contributed by atoms with van der Waals surface area (Å²) >= 11 is 0. The lowest BCUT2D eigenvalue weighted by Crippen LogP contribution is -2.38. The molecule has 0 spiro atoms. The third-order valence-corrected chi connectivity index (χ3v) is 5.58. The summed E-state index contributed by atoms with van der Waals surface area (Å²) in [5.74, 6) is 0.924. The lowest BCUT2D eigenvalue weighted by atomic mass is 10.2. The minimum absolute atomic E-state index is 0.147. The zero-order valence-corrected chi connectivity index (χ0v) is 15.1. The Balaban J connectivity index is 2.17. The Bertz CT molecular complexity index is 689. The number of urea groups is 1. The molecule has 1 aromatic carbocycles. The summed E-state index contributed by atoms with van der Waals surface area (Å²) < 4.78 is 31.2. The van der Waals surface area contributed by atoms with E-state index in [4.69, 9.17) is 4.74 Å². The number of methoxy groups -OCH3 is 1. The van der Waals surface area contributed by atoms with Crippen LogP contribution in [0.1, 0.15) is 26.7 Å². The highest BCUT2D eigenvalue weighted by atomic mass is 32.2. The second-order valence-corrected chi connectivity index (χ2v) is 8.22. The molecule has 2 N–H and O–H groups in total. The third-order valence-electron chi connectivity index (χ3n) is 3.73. The Morgan fingerprint density at radius 1 is 1.33 bits per heavy atom. The number of amides is 2. The van der Waals surface area contributed by atoms with Gasteiger partial charge in [0.1, 0.15) is 5.75 Å². The number of sulfonamides is 1. The van der Waals surface area contributed by atoms with Gasteiger partial charge < -0.3 is 15.4 Å². The summed E-state index contributed by atoms with van der Waals surface area (Å²) in [5, 5.41) is 5.49. The van der Waals surface area contributed by atoms with Gasteiger partial charge in [0.25, 0.3) is 0 Å². The normalized spacial score (nSPS) is 16.8. The van der Waals surface area contributed by atoms with E-state index < -0.39 is 10.0 Å². The predicted octanol–water partition coefficient (Wildman–Crippen LogP) is 2.40. The Labute approximate surface area is 143 Å². The van der Waals surface area contributed by atoms with Crippen LogP contribution in [0, 0.1) is 5.92 Å². The van der Waals surface area contributed by atoms with Gasteiger partial charge in [-0.2, -0.15) is 0 Å². The van der Waals surface area contributed by atoms with Crippen molar-refractivity contribution >= 4 is 27.4 Å². The summed E-state index contributed by atoms with van der Waals surface area (Å²) in [6.07, 6.45) is 1.50. The molecule has 2 amide bonds. The lowest BCUT2D eigenvalue weighted by Gasteiger charge is -2.29. The van der Waals surface area contributed by atoms with E-state index >= 15 is 0 Å². The number of hydrogen-bond acceptors (Lipinski definition) is 4. The molecule has 7 nitrogen and oxygen atoms in total. The summed E-state index contributed by atoms with van der Waals surface area (Å²) in [6, 6.07) is 4.68. The molecule has 1 saturated heterocycles. The maximum absolute atomic E-state index is 12.3. The minimum atomic E-state index is -3.31. The van der Waals surface area contributed by atoms with E-state index in [1.54, 1.807) is 18.2 Å². The van der Waals surface area contributed by atoms with E-state index in [0.717, 1.165) is 6.42 Å². The molecule has 1 aromatic rings.